The predicted octanol–water partition coefficient (Wildman–Crippen LogP) is 9.11. The zero-order valence-electron chi connectivity index (χ0n) is 19.0. The summed E-state index contributed by atoms with van der Waals surface area (Å²) in [6, 6.07) is 3.05. The second-order valence-electron chi connectivity index (χ2n) is 7.84. The Morgan fingerprint density at radius 3 is 0.816 bits per heavy atom. The van der Waals surface area contributed by atoms with E-state index in [9.17, 15) is 52.7 Å². The number of halogens is 12. The Balaban J connectivity index is 2.34. The van der Waals surface area contributed by atoms with Gasteiger partial charge in [0.15, 0.2) is 0 Å². The highest BCUT2D eigenvalue weighted by Crippen LogP contribution is 2.46. The van der Waals surface area contributed by atoms with Crippen LogP contribution in [0.3, 0.4) is 0 Å². The van der Waals surface area contributed by atoms with Crippen molar-refractivity contribution in [3.63, 3.8) is 0 Å². The van der Waals surface area contributed by atoms with Gasteiger partial charge >= 0.3 is 24.7 Å². The standard InChI is InChI=1S/C24H14F12O2/c1-37-19-9-18(12-5-15(23(31,32)33)8-16(6-12)24(34,35)36)20(38-2)10-17(19)11-3-13(21(25,26)27)7-14(4-11)22(28,29)30/h3-10H,1-2H3. The zero-order chi connectivity index (χ0) is 28.8. The van der Waals surface area contributed by atoms with Crippen molar-refractivity contribution in [1.82, 2.24) is 0 Å². The van der Waals surface area contributed by atoms with Gasteiger partial charge in [0, 0.05) is 11.1 Å². The highest BCUT2D eigenvalue weighted by molar-refractivity contribution is 5.82. The third-order valence-corrected chi connectivity index (χ3v) is 5.32. The molecule has 0 N–H and O–H groups in total. The van der Waals surface area contributed by atoms with Crippen molar-refractivity contribution < 1.29 is 62.2 Å². The van der Waals surface area contributed by atoms with Gasteiger partial charge in [-0.25, -0.2) is 0 Å². The molecule has 0 aliphatic carbocycles. The van der Waals surface area contributed by atoms with E-state index in [2.05, 4.69) is 0 Å². The smallest absolute Gasteiger partial charge is 0.416 e. The van der Waals surface area contributed by atoms with Crippen LogP contribution >= 0.6 is 0 Å². The molecule has 206 valence electrons. The Morgan fingerprint density at radius 1 is 0.395 bits per heavy atom. The first-order valence-corrected chi connectivity index (χ1v) is 10.1. The lowest BCUT2D eigenvalue weighted by molar-refractivity contribution is -0.144. The second kappa shape index (κ2) is 9.62. The van der Waals surface area contributed by atoms with Crippen molar-refractivity contribution in [2.24, 2.45) is 0 Å². The maximum absolute atomic E-state index is 13.3. The molecule has 0 aromatic heterocycles. The summed E-state index contributed by atoms with van der Waals surface area (Å²) in [7, 11) is 1.92. The third-order valence-electron chi connectivity index (χ3n) is 5.32. The van der Waals surface area contributed by atoms with Crippen LogP contribution in [0.5, 0.6) is 11.5 Å². The minimum atomic E-state index is -5.18. The average Bonchev–Trinajstić information content (AvgIpc) is 2.80. The first-order valence-electron chi connectivity index (χ1n) is 10.1. The first-order chi connectivity index (χ1) is 17.3. The lowest BCUT2D eigenvalue weighted by Crippen LogP contribution is -2.11. The van der Waals surface area contributed by atoms with Crippen molar-refractivity contribution >= 4 is 0 Å². The van der Waals surface area contributed by atoms with E-state index in [1.165, 1.54) is 0 Å². The summed E-state index contributed by atoms with van der Waals surface area (Å²) < 4.78 is 170. The van der Waals surface area contributed by atoms with Crippen LogP contribution in [0.1, 0.15) is 22.3 Å². The van der Waals surface area contributed by atoms with Crippen LogP contribution in [-0.4, -0.2) is 14.2 Å². The van der Waals surface area contributed by atoms with E-state index in [0.29, 0.717) is 24.3 Å². The number of methoxy groups -OCH3 is 2. The Morgan fingerprint density at radius 2 is 0.632 bits per heavy atom. The van der Waals surface area contributed by atoms with Gasteiger partial charge < -0.3 is 9.47 Å². The maximum Gasteiger partial charge on any atom is 0.416 e. The van der Waals surface area contributed by atoms with E-state index in [-0.39, 0.29) is 12.1 Å². The van der Waals surface area contributed by atoms with Crippen LogP contribution < -0.4 is 9.47 Å². The summed E-state index contributed by atoms with van der Waals surface area (Å²) in [6.45, 7) is 0. The van der Waals surface area contributed by atoms with Gasteiger partial charge in [0.05, 0.1) is 36.5 Å². The van der Waals surface area contributed by atoms with Crippen LogP contribution in [0.2, 0.25) is 0 Å². The molecule has 0 spiro atoms. The molecule has 0 aliphatic rings. The predicted molar refractivity (Wildman–Crippen MR) is 110 cm³/mol. The lowest BCUT2D eigenvalue weighted by Gasteiger charge is -2.19. The molecule has 3 rings (SSSR count). The largest absolute Gasteiger partial charge is 0.496 e. The quantitative estimate of drug-likeness (QED) is 0.296. The molecule has 14 heteroatoms. The topological polar surface area (TPSA) is 18.5 Å². The summed E-state index contributed by atoms with van der Waals surface area (Å²) >= 11 is 0. The van der Waals surface area contributed by atoms with Crippen LogP contribution in [0.4, 0.5) is 52.7 Å². The summed E-state index contributed by atoms with van der Waals surface area (Å²) in [6.07, 6.45) is -20.7. The Hall–Kier alpha value is -3.58. The summed E-state index contributed by atoms with van der Waals surface area (Å²) in [5.41, 5.74) is -8.69. The summed E-state index contributed by atoms with van der Waals surface area (Å²) in [4.78, 5) is 0. The Bertz CT molecular complexity index is 1160. The van der Waals surface area contributed by atoms with Crippen LogP contribution in [0, 0.1) is 0 Å². The molecule has 3 aromatic rings. The van der Waals surface area contributed by atoms with Gasteiger partial charge in [-0.3, -0.25) is 0 Å². The second-order valence-corrected chi connectivity index (χ2v) is 7.84. The summed E-state index contributed by atoms with van der Waals surface area (Å²) in [5, 5.41) is 0. The fourth-order valence-electron chi connectivity index (χ4n) is 3.57. The maximum atomic E-state index is 13.3. The molecule has 3 aromatic carbocycles. The Labute approximate surface area is 206 Å². The van der Waals surface area contributed by atoms with Gasteiger partial charge in [-0.05, 0) is 59.7 Å². The molecular weight excluding hydrogens is 548 g/mol. The van der Waals surface area contributed by atoms with E-state index in [4.69, 9.17) is 9.47 Å². The lowest BCUT2D eigenvalue weighted by atomic mass is 9.93. The number of ether oxygens (including phenoxy) is 2. The molecule has 0 amide bonds. The zero-order valence-corrected chi connectivity index (χ0v) is 19.0. The molecule has 38 heavy (non-hydrogen) atoms. The highest BCUT2D eigenvalue weighted by atomic mass is 19.4. The molecular formula is C24H14F12O2. The van der Waals surface area contributed by atoms with E-state index in [1.54, 1.807) is 0 Å². The molecule has 0 aliphatic heterocycles. The fourth-order valence-corrected chi connectivity index (χ4v) is 3.57. The molecule has 0 atom stereocenters. The molecule has 0 unspecified atom stereocenters. The molecule has 0 saturated carbocycles. The van der Waals surface area contributed by atoms with E-state index >= 15 is 0 Å². The number of rotatable bonds is 4. The average molecular weight is 562 g/mol. The van der Waals surface area contributed by atoms with Crippen molar-refractivity contribution in [1.29, 1.82) is 0 Å². The van der Waals surface area contributed by atoms with Crippen LogP contribution in [0.25, 0.3) is 22.3 Å². The molecule has 0 bridgehead atoms. The van der Waals surface area contributed by atoms with Gasteiger partial charge in [0.2, 0.25) is 0 Å². The van der Waals surface area contributed by atoms with Crippen molar-refractivity contribution in [3.05, 3.63) is 70.8 Å². The Kier molecular flexibility index (Phi) is 7.34. The van der Waals surface area contributed by atoms with Crippen molar-refractivity contribution in [2.45, 2.75) is 24.7 Å². The summed E-state index contributed by atoms with van der Waals surface area (Å²) in [5.74, 6) is -0.890. The normalized spacial score (nSPS) is 13.0. The van der Waals surface area contributed by atoms with E-state index in [0.717, 1.165) is 26.4 Å². The van der Waals surface area contributed by atoms with Crippen molar-refractivity contribution in [3.8, 4) is 33.8 Å². The number of alkyl halides is 12. The SMILES string of the molecule is COc1cc(-c2cc(C(F)(F)F)cc(C(F)(F)F)c2)c(OC)cc1-c1cc(C(F)(F)F)cc(C(F)(F)F)c1. The molecule has 0 saturated heterocycles. The molecule has 0 heterocycles. The highest BCUT2D eigenvalue weighted by Gasteiger charge is 2.39. The molecule has 0 fully saturated rings. The number of hydrogen-bond acceptors (Lipinski definition) is 2. The van der Waals surface area contributed by atoms with Crippen LogP contribution in [0.15, 0.2) is 48.5 Å². The van der Waals surface area contributed by atoms with Gasteiger partial charge in [-0.2, -0.15) is 52.7 Å². The molecule has 2 nitrogen and oxygen atoms in total. The van der Waals surface area contributed by atoms with Gasteiger partial charge in [0.1, 0.15) is 11.5 Å². The van der Waals surface area contributed by atoms with E-state index < -0.39 is 80.7 Å². The van der Waals surface area contributed by atoms with Crippen molar-refractivity contribution in [2.75, 3.05) is 14.2 Å². The number of hydrogen-bond donors (Lipinski definition) is 0. The number of benzene rings is 3. The van der Waals surface area contributed by atoms with Gasteiger partial charge in [-0.15, -0.1) is 0 Å². The first kappa shape index (κ1) is 29.0. The van der Waals surface area contributed by atoms with Gasteiger partial charge in [-0.1, -0.05) is 0 Å². The third kappa shape index (κ3) is 6.10. The minimum Gasteiger partial charge on any atom is -0.496 e. The fraction of sp³-hybridized carbons (Fsp3) is 0.250. The minimum absolute atomic E-state index is 0.108. The van der Waals surface area contributed by atoms with Crippen LogP contribution in [-0.2, 0) is 24.7 Å². The molecule has 0 radical (unpaired) electrons. The van der Waals surface area contributed by atoms with E-state index in [1.807, 2.05) is 0 Å². The monoisotopic (exact) mass is 562 g/mol. The van der Waals surface area contributed by atoms with Gasteiger partial charge in [0.25, 0.3) is 0 Å².